The lowest BCUT2D eigenvalue weighted by Crippen LogP contribution is -2.59. The van der Waals surface area contributed by atoms with Gasteiger partial charge in [-0.15, -0.1) is 0 Å². The summed E-state index contributed by atoms with van der Waals surface area (Å²) >= 11 is 0. The van der Waals surface area contributed by atoms with Gasteiger partial charge < -0.3 is 15.7 Å². The Balaban J connectivity index is 1.46. The number of amides is 2. The van der Waals surface area contributed by atoms with Crippen LogP contribution in [0.4, 0.5) is 17.6 Å². The van der Waals surface area contributed by atoms with E-state index in [1.54, 1.807) is 6.07 Å². The zero-order valence-corrected chi connectivity index (χ0v) is 22.1. The van der Waals surface area contributed by atoms with Gasteiger partial charge in [-0.05, 0) is 43.9 Å². The summed E-state index contributed by atoms with van der Waals surface area (Å²) in [7, 11) is 0. The maximum absolute atomic E-state index is 14.2. The molecule has 0 spiro atoms. The lowest BCUT2D eigenvalue weighted by atomic mass is 9.74. The maximum Gasteiger partial charge on any atom is 0.319 e. The number of alkyl halides is 4. The van der Waals surface area contributed by atoms with E-state index in [-0.39, 0.29) is 37.3 Å². The monoisotopic (exact) mass is 579 g/mol. The van der Waals surface area contributed by atoms with Crippen molar-refractivity contribution in [2.24, 2.45) is 11.3 Å². The van der Waals surface area contributed by atoms with Crippen LogP contribution >= 0.6 is 0 Å². The predicted octanol–water partition coefficient (Wildman–Crippen LogP) is 3.01. The highest BCUT2D eigenvalue weighted by Gasteiger charge is 2.57. The van der Waals surface area contributed by atoms with Crippen LogP contribution in [0.25, 0.3) is 5.65 Å². The SMILES string of the molecule is CCn1nccc1C(=O)N[C@H](c1cn2nc(CC3(C(=O)O)CC(F)(F)CNC3=O)ccc2n1)C1CCC(F)(F)CC1. The smallest absolute Gasteiger partial charge is 0.319 e. The summed E-state index contributed by atoms with van der Waals surface area (Å²) in [6.45, 7) is 1.32. The van der Waals surface area contributed by atoms with Gasteiger partial charge in [-0.2, -0.15) is 10.2 Å². The molecule has 1 unspecified atom stereocenters. The van der Waals surface area contributed by atoms with Gasteiger partial charge in [0.2, 0.25) is 11.8 Å². The van der Waals surface area contributed by atoms with Gasteiger partial charge in [0.1, 0.15) is 5.69 Å². The molecule has 3 aromatic rings. The van der Waals surface area contributed by atoms with Crippen molar-refractivity contribution in [2.75, 3.05) is 6.54 Å². The number of aromatic nitrogens is 5. The van der Waals surface area contributed by atoms with Crippen LogP contribution in [-0.2, 0) is 22.6 Å². The van der Waals surface area contributed by atoms with Gasteiger partial charge in [0, 0.05) is 38.4 Å². The molecule has 15 heteroatoms. The number of fused-ring (bicyclic) bond motifs is 1. The van der Waals surface area contributed by atoms with Gasteiger partial charge in [-0.1, -0.05) is 0 Å². The number of halogens is 4. The van der Waals surface area contributed by atoms with Crippen LogP contribution in [0.1, 0.15) is 66.9 Å². The summed E-state index contributed by atoms with van der Waals surface area (Å²) in [6, 6.07) is 3.68. The first kappa shape index (κ1) is 28.5. The first-order chi connectivity index (χ1) is 19.3. The molecule has 5 rings (SSSR count). The first-order valence-electron chi connectivity index (χ1n) is 13.3. The van der Waals surface area contributed by atoms with Crippen molar-refractivity contribution in [1.29, 1.82) is 0 Å². The number of imidazole rings is 1. The van der Waals surface area contributed by atoms with Crippen molar-refractivity contribution in [2.45, 2.75) is 69.9 Å². The summed E-state index contributed by atoms with van der Waals surface area (Å²) in [6.07, 6.45) is 0.808. The third-order valence-electron chi connectivity index (χ3n) is 7.88. The van der Waals surface area contributed by atoms with Crippen LogP contribution < -0.4 is 10.6 Å². The van der Waals surface area contributed by atoms with Gasteiger partial charge in [0.15, 0.2) is 11.1 Å². The molecule has 1 saturated carbocycles. The number of aliphatic carboxylic acids is 1. The number of hydrogen-bond donors (Lipinski definition) is 3. The van der Waals surface area contributed by atoms with Gasteiger partial charge >= 0.3 is 5.97 Å². The highest BCUT2D eigenvalue weighted by Crippen LogP contribution is 2.42. The number of carboxylic acid groups (broad SMARTS) is 1. The molecule has 220 valence electrons. The standard InChI is InChI=1S/C26H29F4N7O4/c1-2-36-18(7-10-32-36)21(38)34-20(15-5-8-25(27,28)9-6-15)17-12-37-19(33-17)4-3-16(35-37)11-24(23(40)41)13-26(29,30)14-31-22(24)39/h3-4,7,10,12,15,20H,2,5-6,8-9,11,13-14H2,1H3,(H,31,39)(H,34,38)(H,40,41)/t20-,24?/m0/s1. The molecule has 4 heterocycles. The lowest BCUT2D eigenvalue weighted by Gasteiger charge is -2.36. The van der Waals surface area contributed by atoms with Crippen LogP contribution in [0, 0.1) is 11.3 Å². The minimum Gasteiger partial charge on any atom is -0.480 e. The lowest BCUT2D eigenvalue weighted by molar-refractivity contribution is -0.169. The highest BCUT2D eigenvalue weighted by atomic mass is 19.3. The first-order valence-corrected chi connectivity index (χ1v) is 13.3. The Labute approximate surface area is 231 Å². The zero-order chi connectivity index (χ0) is 29.6. The van der Waals surface area contributed by atoms with E-state index >= 15 is 0 Å². The average molecular weight is 580 g/mol. The highest BCUT2D eigenvalue weighted by molar-refractivity contribution is 6.03. The Morgan fingerprint density at radius 1 is 1.17 bits per heavy atom. The van der Waals surface area contributed by atoms with E-state index in [1.807, 2.05) is 12.2 Å². The number of carboxylic acids is 1. The Hall–Kier alpha value is -4.04. The van der Waals surface area contributed by atoms with Crippen LogP contribution in [0.5, 0.6) is 0 Å². The number of carbonyl (C=O) groups excluding carboxylic acids is 2. The fourth-order valence-corrected chi connectivity index (χ4v) is 5.67. The molecule has 1 aliphatic heterocycles. The number of nitrogens with zero attached hydrogens (tertiary/aromatic N) is 5. The van der Waals surface area contributed by atoms with Crippen molar-refractivity contribution in [1.82, 2.24) is 35.0 Å². The number of piperidine rings is 1. The fourth-order valence-electron chi connectivity index (χ4n) is 5.67. The number of carbonyl (C=O) groups is 3. The minimum absolute atomic E-state index is 0.0569. The molecule has 3 aromatic heterocycles. The molecule has 2 fully saturated rings. The zero-order valence-electron chi connectivity index (χ0n) is 22.1. The molecule has 11 nitrogen and oxygen atoms in total. The molecule has 0 radical (unpaired) electrons. The van der Waals surface area contributed by atoms with Crippen LogP contribution in [-0.4, -0.2) is 65.7 Å². The predicted molar refractivity (Wildman–Crippen MR) is 134 cm³/mol. The topological polar surface area (TPSA) is 144 Å². The second-order valence-corrected chi connectivity index (χ2v) is 10.7. The minimum atomic E-state index is -3.41. The Kier molecular flexibility index (Phi) is 7.24. The second-order valence-electron chi connectivity index (χ2n) is 10.7. The van der Waals surface area contributed by atoms with Crippen molar-refractivity contribution in [3.05, 3.63) is 47.7 Å². The number of rotatable bonds is 8. The third-order valence-corrected chi connectivity index (χ3v) is 7.88. The van der Waals surface area contributed by atoms with Crippen molar-refractivity contribution in [3.63, 3.8) is 0 Å². The molecule has 3 N–H and O–H groups in total. The summed E-state index contributed by atoms with van der Waals surface area (Å²) < 4.78 is 59.0. The summed E-state index contributed by atoms with van der Waals surface area (Å²) in [5.41, 5.74) is -1.43. The van der Waals surface area contributed by atoms with Crippen LogP contribution in [0.15, 0.2) is 30.6 Å². The van der Waals surface area contributed by atoms with E-state index in [9.17, 15) is 37.1 Å². The maximum atomic E-state index is 14.2. The van der Waals surface area contributed by atoms with Crippen molar-refractivity contribution >= 4 is 23.4 Å². The number of hydrogen-bond acceptors (Lipinski definition) is 6. The number of nitrogens with one attached hydrogen (secondary N) is 2. The molecule has 2 aliphatic rings. The van der Waals surface area contributed by atoms with E-state index in [0.717, 1.165) is 0 Å². The molecule has 2 atom stereocenters. The Bertz CT molecular complexity index is 1480. The van der Waals surface area contributed by atoms with E-state index in [1.165, 1.54) is 33.7 Å². The fraction of sp³-hybridized carbons (Fsp3) is 0.538. The van der Waals surface area contributed by atoms with E-state index in [0.29, 0.717) is 23.6 Å². The molecule has 1 saturated heterocycles. The van der Waals surface area contributed by atoms with Gasteiger partial charge in [0.25, 0.3) is 11.8 Å². The third kappa shape index (κ3) is 5.61. The van der Waals surface area contributed by atoms with Crippen molar-refractivity contribution < 1.29 is 37.1 Å². The van der Waals surface area contributed by atoms with Gasteiger partial charge in [-0.3, -0.25) is 19.1 Å². The van der Waals surface area contributed by atoms with E-state index in [2.05, 4.69) is 20.5 Å². The van der Waals surface area contributed by atoms with Crippen LogP contribution in [0.3, 0.4) is 0 Å². The Morgan fingerprint density at radius 3 is 2.59 bits per heavy atom. The molecule has 1 aliphatic carbocycles. The normalized spacial score (nSPS) is 23.2. The molecular weight excluding hydrogens is 550 g/mol. The molecule has 2 amide bonds. The van der Waals surface area contributed by atoms with Crippen LogP contribution in [0.2, 0.25) is 0 Å². The largest absolute Gasteiger partial charge is 0.480 e. The van der Waals surface area contributed by atoms with Crippen molar-refractivity contribution in [3.8, 4) is 0 Å². The molecule has 0 bridgehead atoms. The number of aryl methyl sites for hydroxylation is 1. The quantitative estimate of drug-likeness (QED) is 0.275. The van der Waals surface area contributed by atoms with Gasteiger partial charge in [0.05, 0.1) is 30.2 Å². The Morgan fingerprint density at radius 2 is 1.90 bits per heavy atom. The average Bonchev–Trinajstić information content (AvgIpc) is 3.56. The van der Waals surface area contributed by atoms with E-state index in [4.69, 9.17) is 0 Å². The van der Waals surface area contributed by atoms with Gasteiger partial charge in [-0.25, -0.2) is 27.1 Å². The summed E-state index contributed by atoms with van der Waals surface area (Å²) in [5.74, 6) is -9.72. The van der Waals surface area contributed by atoms with E-state index < -0.39 is 60.5 Å². The summed E-state index contributed by atoms with van der Waals surface area (Å²) in [4.78, 5) is 42.3. The molecular formula is C26H29F4N7O4. The molecule has 0 aromatic carbocycles. The summed E-state index contributed by atoms with van der Waals surface area (Å²) in [5, 5.41) is 23.1. The second kappa shape index (κ2) is 10.4. The molecule has 41 heavy (non-hydrogen) atoms.